The zero-order chi connectivity index (χ0) is 31.6. The fraction of sp³-hybridized carbons (Fsp3) is 0.227. The first kappa shape index (κ1) is 27.9. The third kappa shape index (κ3) is 4.57. The second-order valence-corrected chi connectivity index (χ2v) is 13.9. The van der Waals surface area contributed by atoms with Gasteiger partial charge in [-0.25, -0.2) is 9.98 Å². The maximum absolute atomic E-state index is 6.37. The third-order valence-electron chi connectivity index (χ3n) is 11.1. The minimum Gasteiger partial charge on any atom is -0.456 e. The number of nitrogens with one attached hydrogen (secondary N) is 1. The molecule has 0 amide bonds. The third-order valence-corrected chi connectivity index (χ3v) is 11.1. The Morgan fingerprint density at radius 3 is 2.48 bits per heavy atom. The van der Waals surface area contributed by atoms with Crippen molar-refractivity contribution >= 4 is 55.8 Å². The summed E-state index contributed by atoms with van der Waals surface area (Å²) in [5.41, 5.74) is 7.46. The van der Waals surface area contributed by atoms with Crippen molar-refractivity contribution in [1.82, 2.24) is 5.32 Å². The standard InChI is InChI=1S/C44H37N3O/c1-2-10-30(11-3-1)42-45-43(33-22-17-27-9-4-5-12-31(27)25-33)47-44(46-42)35-15-8-14-34(35)32-21-19-28-18-20-29-23-24-39-41(40(29)37(28)26-32)36-13-6-7-16-38(36)48-39/h1-5,7,9-12,16-24,26-27,31,33,43H,6,8,13-15,25H2,(H,45,46,47). The lowest BCUT2D eigenvalue weighted by atomic mass is 9.76. The van der Waals surface area contributed by atoms with Gasteiger partial charge in [-0.15, -0.1) is 0 Å². The molecule has 4 unspecified atom stereocenters. The van der Waals surface area contributed by atoms with Crippen LogP contribution in [-0.4, -0.2) is 17.8 Å². The summed E-state index contributed by atoms with van der Waals surface area (Å²) in [7, 11) is 0. The average molecular weight is 624 g/mol. The largest absolute Gasteiger partial charge is 0.456 e. The number of aliphatic imine (C=N–C) groups is 2. The van der Waals surface area contributed by atoms with Gasteiger partial charge >= 0.3 is 0 Å². The average Bonchev–Trinajstić information content (AvgIpc) is 3.80. The zero-order valence-electron chi connectivity index (χ0n) is 26.9. The summed E-state index contributed by atoms with van der Waals surface area (Å²) in [5.74, 6) is 4.17. The Morgan fingerprint density at radius 1 is 0.688 bits per heavy atom. The van der Waals surface area contributed by atoms with Gasteiger partial charge in [-0.3, -0.25) is 0 Å². The molecule has 48 heavy (non-hydrogen) atoms. The van der Waals surface area contributed by atoms with Crippen LogP contribution in [0.15, 0.2) is 135 Å². The lowest BCUT2D eigenvalue weighted by Crippen LogP contribution is -2.40. The molecule has 0 radical (unpaired) electrons. The summed E-state index contributed by atoms with van der Waals surface area (Å²) in [4.78, 5) is 10.7. The van der Waals surface area contributed by atoms with Crippen LogP contribution in [0.3, 0.4) is 0 Å². The second kappa shape index (κ2) is 11.2. The molecule has 234 valence electrons. The smallest absolute Gasteiger partial charge is 0.150 e. The van der Waals surface area contributed by atoms with E-state index in [9.17, 15) is 0 Å². The van der Waals surface area contributed by atoms with Crippen molar-refractivity contribution in [3.63, 3.8) is 0 Å². The first-order chi connectivity index (χ1) is 23.8. The van der Waals surface area contributed by atoms with Crippen LogP contribution in [0.2, 0.25) is 0 Å². The van der Waals surface area contributed by atoms with Crippen LogP contribution in [0.1, 0.15) is 54.6 Å². The van der Waals surface area contributed by atoms with Gasteiger partial charge in [-0.2, -0.15) is 0 Å². The van der Waals surface area contributed by atoms with E-state index in [0.29, 0.717) is 11.8 Å². The number of benzene rings is 4. The van der Waals surface area contributed by atoms with E-state index in [1.807, 2.05) is 0 Å². The zero-order valence-corrected chi connectivity index (χ0v) is 26.9. The van der Waals surface area contributed by atoms with Gasteiger partial charge in [0.2, 0.25) is 0 Å². The van der Waals surface area contributed by atoms with Crippen LogP contribution in [0.25, 0.3) is 44.2 Å². The lowest BCUT2D eigenvalue weighted by Gasteiger charge is -2.33. The first-order valence-corrected chi connectivity index (χ1v) is 17.6. The Morgan fingerprint density at radius 2 is 1.52 bits per heavy atom. The van der Waals surface area contributed by atoms with E-state index in [4.69, 9.17) is 14.4 Å². The van der Waals surface area contributed by atoms with Crippen molar-refractivity contribution < 1.29 is 4.42 Å². The molecule has 0 saturated heterocycles. The normalized spacial score (nSPS) is 24.6. The van der Waals surface area contributed by atoms with Gasteiger partial charge in [0.1, 0.15) is 23.0 Å². The number of nitrogens with zero attached hydrogens (tertiary/aromatic N) is 2. The summed E-state index contributed by atoms with van der Waals surface area (Å²) >= 11 is 0. The number of rotatable bonds is 4. The van der Waals surface area contributed by atoms with Crippen LogP contribution >= 0.6 is 0 Å². The van der Waals surface area contributed by atoms with Crippen LogP contribution < -0.4 is 5.32 Å². The quantitative estimate of drug-likeness (QED) is 0.160. The highest BCUT2D eigenvalue weighted by Gasteiger charge is 2.33. The maximum atomic E-state index is 6.37. The van der Waals surface area contributed by atoms with Crippen molar-refractivity contribution in [2.24, 2.45) is 27.7 Å². The maximum Gasteiger partial charge on any atom is 0.150 e. The molecule has 4 heteroatoms. The number of furan rings is 1. The molecule has 1 aliphatic heterocycles. The molecule has 4 atom stereocenters. The highest BCUT2D eigenvalue weighted by atomic mass is 16.3. The van der Waals surface area contributed by atoms with Gasteiger partial charge < -0.3 is 9.73 Å². The summed E-state index contributed by atoms with van der Waals surface area (Å²) in [5, 5.41) is 10.2. The summed E-state index contributed by atoms with van der Waals surface area (Å²) in [6.45, 7) is 0. The topological polar surface area (TPSA) is 49.9 Å². The van der Waals surface area contributed by atoms with Crippen LogP contribution in [0, 0.1) is 17.8 Å². The number of amidine groups is 2. The molecule has 0 bridgehead atoms. The Bertz CT molecular complexity index is 2340. The molecule has 0 spiro atoms. The molecule has 1 aromatic heterocycles. The van der Waals surface area contributed by atoms with E-state index in [1.54, 1.807) is 0 Å². The van der Waals surface area contributed by atoms with E-state index < -0.39 is 0 Å². The molecule has 4 aliphatic carbocycles. The minimum absolute atomic E-state index is 0.155. The number of allylic oxidation sites excluding steroid dienone is 7. The van der Waals surface area contributed by atoms with Crippen molar-refractivity contribution in [2.75, 3.05) is 0 Å². The van der Waals surface area contributed by atoms with Gasteiger partial charge in [0, 0.05) is 33.7 Å². The second-order valence-electron chi connectivity index (χ2n) is 13.9. The molecule has 1 N–H and O–H groups in total. The number of hydrogen-bond acceptors (Lipinski definition) is 4. The predicted octanol–water partition coefficient (Wildman–Crippen LogP) is 10.3. The SMILES string of the molecule is C1=CC2C=CC(C3N=C(C4=C(c5ccc6ccc7ccc8oc9c(c8c7c6c5)CCC=C9)CCC4)NC(c4ccccc4)=N3)CC2C=C1. The van der Waals surface area contributed by atoms with Crippen molar-refractivity contribution in [1.29, 1.82) is 0 Å². The number of aryl methyl sites for hydroxylation is 1. The van der Waals surface area contributed by atoms with Crippen LogP contribution in [-0.2, 0) is 6.42 Å². The minimum atomic E-state index is -0.155. The van der Waals surface area contributed by atoms with Gasteiger partial charge in [-0.1, -0.05) is 103 Å². The molecular weight excluding hydrogens is 587 g/mol. The van der Waals surface area contributed by atoms with Gasteiger partial charge in [-0.05, 0) is 95.5 Å². The van der Waals surface area contributed by atoms with E-state index in [1.165, 1.54) is 49.2 Å². The van der Waals surface area contributed by atoms with Crippen molar-refractivity contribution in [2.45, 2.75) is 44.7 Å². The molecule has 0 saturated carbocycles. The summed E-state index contributed by atoms with van der Waals surface area (Å²) in [6, 6.07) is 26.5. The number of fused-ring (bicyclic) bond motifs is 8. The fourth-order valence-electron chi connectivity index (χ4n) is 8.68. The molecule has 2 heterocycles. The highest BCUT2D eigenvalue weighted by molar-refractivity contribution is 6.22. The molecule has 0 fully saturated rings. The van der Waals surface area contributed by atoms with E-state index in [0.717, 1.165) is 67.1 Å². The molecule has 5 aromatic rings. The lowest BCUT2D eigenvalue weighted by molar-refractivity contribution is 0.365. The molecule has 4 aromatic carbocycles. The Hall–Kier alpha value is -5.22. The van der Waals surface area contributed by atoms with Crippen LogP contribution in [0.4, 0.5) is 0 Å². The fourth-order valence-corrected chi connectivity index (χ4v) is 8.68. The number of hydrogen-bond donors (Lipinski definition) is 1. The monoisotopic (exact) mass is 623 g/mol. The molecule has 4 nitrogen and oxygen atoms in total. The van der Waals surface area contributed by atoms with Gasteiger partial charge in [0.15, 0.2) is 6.17 Å². The van der Waals surface area contributed by atoms with Gasteiger partial charge in [0.05, 0.1) is 0 Å². The summed E-state index contributed by atoms with van der Waals surface area (Å²) < 4.78 is 6.37. The van der Waals surface area contributed by atoms with Crippen molar-refractivity contribution in [3.05, 3.63) is 143 Å². The Kier molecular flexibility index (Phi) is 6.50. The summed E-state index contributed by atoms with van der Waals surface area (Å²) in [6.07, 6.45) is 24.3. The van der Waals surface area contributed by atoms with Gasteiger partial charge in [0.25, 0.3) is 0 Å². The van der Waals surface area contributed by atoms with Crippen molar-refractivity contribution in [3.8, 4) is 0 Å². The molecule has 10 rings (SSSR count). The van der Waals surface area contributed by atoms with E-state index >= 15 is 0 Å². The Balaban J connectivity index is 1.10. The Labute approximate surface area is 280 Å². The molecular formula is C44H37N3O. The predicted molar refractivity (Wildman–Crippen MR) is 199 cm³/mol. The highest BCUT2D eigenvalue weighted by Crippen LogP contribution is 2.42. The van der Waals surface area contributed by atoms with Crippen LogP contribution in [0.5, 0.6) is 0 Å². The van der Waals surface area contributed by atoms with E-state index in [-0.39, 0.29) is 12.1 Å². The first-order valence-electron chi connectivity index (χ1n) is 17.6. The molecule has 5 aliphatic rings. The van der Waals surface area contributed by atoms with E-state index in [2.05, 4.69) is 127 Å².